The van der Waals surface area contributed by atoms with Gasteiger partial charge in [-0.1, -0.05) is 24.6 Å². The van der Waals surface area contributed by atoms with Crippen molar-refractivity contribution in [2.24, 2.45) is 0 Å². The summed E-state index contributed by atoms with van der Waals surface area (Å²) in [5.74, 6) is 0. The Kier molecular flexibility index (Phi) is 4.19. The first-order valence-corrected chi connectivity index (χ1v) is 9.08. The Morgan fingerprint density at radius 2 is 2.00 bits per heavy atom. The molecule has 0 amide bonds. The molecule has 1 N–H and O–H groups in total. The van der Waals surface area contributed by atoms with Gasteiger partial charge in [0, 0.05) is 32.2 Å². The maximum atomic E-state index is 13.1. The molecule has 1 atom stereocenters. The van der Waals surface area contributed by atoms with Crippen molar-refractivity contribution in [1.82, 2.24) is 9.62 Å². The van der Waals surface area contributed by atoms with Crippen LogP contribution in [-0.4, -0.2) is 38.4 Å². The number of benzene rings is 1. The number of nitrogens with one attached hydrogen (secondary N) is 1. The second-order valence-corrected chi connectivity index (χ2v) is 7.65. The summed E-state index contributed by atoms with van der Waals surface area (Å²) >= 11 is 0. The molecule has 116 valence electrons. The summed E-state index contributed by atoms with van der Waals surface area (Å²) in [7, 11) is -3.44. The van der Waals surface area contributed by atoms with Crippen molar-refractivity contribution in [3.05, 3.63) is 29.8 Å². The summed E-state index contributed by atoms with van der Waals surface area (Å²) in [5.41, 5.74) is 1.86. The fraction of sp³-hybridized carbons (Fsp3) is 0.600. The van der Waals surface area contributed by atoms with Crippen LogP contribution in [0.15, 0.2) is 24.3 Å². The number of piperidine rings is 1. The van der Waals surface area contributed by atoms with Gasteiger partial charge in [-0.2, -0.15) is 12.7 Å². The molecule has 1 aromatic rings. The van der Waals surface area contributed by atoms with E-state index in [2.05, 4.69) is 5.32 Å². The van der Waals surface area contributed by atoms with Crippen molar-refractivity contribution >= 4 is 15.9 Å². The molecule has 2 heterocycles. The highest BCUT2D eigenvalue weighted by Crippen LogP contribution is 2.29. The summed E-state index contributed by atoms with van der Waals surface area (Å²) in [6, 6.07) is 7.86. The lowest BCUT2D eigenvalue weighted by atomic mass is 10.1. The first-order valence-electron chi connectivity index (χ1n) is 7.69. The number of rotatable bonds is 2. The Bertz CT molecular complexity index is 603. The molecule has 3 rings (SSSR count). The van der Waals surface area contributed by atoms with E-state index in [0.29, 0.717) is 19.6 Å². The van der Waals surface area contributed by atoms with Crippen molar-refractivity contribution in [2.75, 3.05) is 23.9 Å². The van der Waals surface area contributed by atoms with Crippen molar-refractivity contribution in [3.8, 4) is 0 Å². The van der Waals surface area contributed by atoms with Gasteiger partial charge < -0.3 is 5.32 Å². The highest BCUT2D eigenvalue weighted by atomic mass is 32.2. The van der Waals surface area contributed by atoms with E-state index in [1.807, 2.05) is 31.2 Å². The zero-order chi connectivity index (χ0) is 14.9. The van der Waals surface area contributed by atoms with Crippen LogP contribution in [0, 0.1) is 0 Å². The second kappa shape index (κ2) is 5.94. The normalized spacial score (nSPS) is 24.4. The monoisotopic (exact) mass is 309 g/mol. The highest BCUT2D eigenvalue weighted by Gasteiger charge is 2.35. The second-order valence-electron chi connectivity index (χ2n) is 5.84. The Balaban J connectivity index is 1.98. The van der Waals surface area contributed by atoms with Gasteiger partial charge in [-0.3, -0.25) is 4.31 Å². The first-order chi connectivity index (χ1) is 10.1. The molecule has 21 heavy (non-hydrogen) atoms. The quantitative estimate of drug-likeness (QED) is 0.905. The van der Waals surface area contributed by atoms with Crippen molar-refractivity contribution in [1.29, 1.82) is 0 Å². The number of hydrogen-bond acceptors (Lipinski definition) is 3. The molecule has 0 bridgehead atoms. The molecule has 1 fully saturated rings. The van der Waals surface area contributed by atoms with E-state index in [4.69, 9.17) is 0 Å². The maximum Gasteiger partial charge on any atom is 0.304 e. The van der Waals surface area contributed by atoms with E-state index in [-0.39, 0.29) is 6.04 Å². The zero-order valence-electron chi connectivity index (χ0n) is 12.5. The van der Waals surface area contributed by atoms with Crippen molar-refractivity contribution < 1.29 is 8.42 Å². The maximum absolute atomic E-state index is 13.1. The number of fused-ring (bicyclic) bond motifs is 1. The van der Waals surface area contributed by atoms with Crippen LogP contribution >= 0.6 is 0 Å². The minimum atomic E-state index is -3.44. The molecule has 6 heteroatoms. The van der Waals surface area contributed by atoms with Crippen LogP contribution < -0.4 is 9.62 Å². The molecule has 0 spiro atoms. The third-order valence-corrected chi connectivity index (χ3v) is 6.46. The summed E-state index contributed by atoms with van der Waals surface area (Å²) in [6.45, 7) is 4.53. The van der Waals surface area contributed by atoms with Gasteiger partial charge >= 0.3 is 10.2 Å². The summed E-state index contributed by atoms with van der Waals surface area (Å²) in [6.07, 6.45) is 3.02. The number of anilines is 1. The molecule has 5 nitrogen and oxygen atoms in total. The number of hydrogen-bond donors (Lipinski definition) is 1. The Morgan fingerprint density at radius 3 is 2.81 bits per heavy atom. The molecule has 0 aliphatic carbocycles. The molecule has 1 aromatic carbocycles. The minimum absolute atomic E-state index is 0.0899. The predicted molar refractivity (Wildman–Crippen MR) is 84.4 cm³/mol. The topological polar surface area (TPSA) is 52.7 Å². The fourth-order valence-electron chi connectivity index (χ4n) is 3.21. The zero-order valence-corrected chi connectivity index (χ0v) is 13.3. The molecular weight excluding hydrogens is 286 g/mol. The lowest BCUT2D eigenvalue weighted by molar-refractivity contribution is 0.268. The minimum Gasteiger partial charge on any atom is -0.311 e. The van der Waals surface area contributed by atoms with Gasteiger partial charge in [-0.15, -0.1) is 0 Å². The molecule has 2 aliphatic rings. The van der Waals surface area contributed by atoms with E-state index in [1.54, 1.807) is 8.61 Å². The van der Waals surface area contributed by atoms with E-state index in [9.17, 15) is 8.42 Å². The molecule has 0 radical (unpaired) electrons. The molecular formula is C15H23N3O2S. The molecule has 2 aliphatic heterocycles. The van der Waals surface area contributed by atoms with Crippen molar-refractivity contribution in [3.63, 3.8) is 0 Å². The lowest BCUT2D eigenvalue weighted by Crippen LogP contribution is -2.50. The van der Waals surface area contributed by atoms with Gasteiger partial charge in [0.15, 0.2) is 0 Å². The van der Waals surface area contributed by atoms with Crippen LogP contribution in [0.2, 0.25) is 0 Å². The van der Waals surface area contributed by atoms with E-state index in [0.717, 1.165) is 37.1 Å². The highest BCUT2D eigenvalue weighted by molar-refractivity contribution is 7.90. The van der Waals surface area contributed by atoms with Crippen LogP contribution in [-0.2, 0) is 16.8 Å². The molecule has 0 saturated carbocycles. The van der Waals surface area contributed by atoms with Crippen molar-refractivity contribution in [2.45, 2.75) is 38.8 Å². The summed E-state index contributed by atoms with van der Waals surface area (Å²) < 4.78 is 29.4. The van der Waals surface area contributed by atoms with Gasteiger partial charge in [-0.05, 0) is 31.4 Å². The third kappa shape index (κ3) is 2.80. The van der Waals surface area contributed by atoms with Crippen LogP contribution in [0.4, 0.5) is 5.69 Å². The smallest absolute Gasteiger partial charge is 0.304 e. The van der Waals surface area contributed by atoms with E-state index >= 15 is 0 Å². The van der Waals surface area contributed by atoms with Crippen LogP contribution in [0.25, 0.3) is 0 Å². The predicted octanol–water partition coefficient (Wildman–Crippen LogP) is 1.72. The van der Waals surface area contributed by atoms with Gasteiger partial charge in [-0.25, -0.2) is 0 Å². The average Bonchev–Trinajstić information content (AvgIpc) is 2.70. The average molecular weight is 309 g/mol. The molecule has 1 unspecified atom stereocenters. The van der Waals surface area contributed by atoms with Crippen LogP contribution in [0.1, 0.15) is 31.7 Å². The summed E-state index contributed by atoms with van der Waals surface area (Å²) in [4.78, 5) is 0. The largest absolute Gasteiger partial charge is 0.311 e. The summed E-state index contributed by atoms with van der Waals surface area (Å²) in [5, 5.41) is 3.30. The molecule has 1 saturated heterocycles. The van der Waals surface area contributed by atoms with Gasteiger partial charge in [0.2, 0.25) is 0 Å². The number of para-hydroxylation sites is 1. The SMILES string of the molecule is CC1CCCCN1S(=O)(=O)N1CCNCc2ccccc21. The number of nitrogens with zero attached hydrogens (tertiary/aromatic N) is 2. The standard InChI is InChI=1S/C15H23N3O2S/c1-13-6-4-5-10-17(13)21(19,20)18-11-9-16-12-14-7-2-3-8-15(14)18/h2-3,7-8,13,16H,4-6,9-12H2,1H3. The molecule has 0 aromatic heterocycles. The van der Waals surface area contributed by atoms with Gasteiger partial charge in [0.05, 0.1) is 5.69 Å². The van der Waals surface area contributed by atoms with E-state index < -0.39 is 10.2 Å². The Morgan fingerprint density at radius 1 is 1.19 bits per heavy atom. The Labute approximate surface area is 127 Å². The Hall–Kier alpha value is -1.11. The van der Waals surface area contributed by atoms with Gasteiger partial charge in [0.1, 0.15) is 0 Å². The lowest BCUT2D eigenvalue weighted by Gasteiger charge is -2.37. The van der Waals surface area contributed by atoms with Crippen LogP contribution in [0.5, 0.6) is 0 Å². The van der Waals surface area contributed by atoms with Gasteiger partial charge in [0.25, 0.3) is 0 Å². The van der Waals surface area contributed by atoms with E-state index in [1.165, 1.54) is 0 Å². The fourth-order valence-corrected chi connectivity index (χ4v) is 5.13. The first kappa shape index (κ1) is 14.8. The third-order valence-electron chi connectivity index (χ3n) is 4.38. The van der Waals surface area contributed by atoms with Crippen LogP contribution in [0.3, 0.4) is 0 Å².